The first-order chi connectivity index (χ1) is 18.8. The number of rotatable bonds is 8. The highest BCUT2D eigenvalue weighted by Gasteiger charge is 2.23. The van der Waals surface area contributed by atoms with E-state index in [2.05, 4.69) is 14.6 Å². The summed E-state index contributed by atoms with van der Waals surface area (Å²) in [5.41, 5.74) is 4.02. The van der Waals surface area contributed by atoms with Gasteiger partial charge in [-0.25, -0.2) is 12.8 Å². The number of morpholine rings is 1. The second-order valence-electron chi connectivity index (χ2n) is 11.0. The van der Waals surface area contributed by atoms with Gasteiger partial charge in [0.1, 0.15) is 11.6 Å². The minimum Gasteiger partial charge on any atom is -0.496 e. The van der Waals surface area contributed by atoms with Crippen molar-refractivity contribution in [1.29, 1.82) is 0 Å². The first kappa shape index (κ1) is 29.5. The predicted octanol–water partition coefficient (Wildman–Crippen LogP) is 4.86. The third-order valence-corrected chi connectivity index (χ3v) is 7.30. The van der Waals surface area contributed by atoms with E-state index in [0.29, 0.717) is 36.8 Å². The van der Waals surface area contributed by atoms with Crippen LogP contribution >= 0.6 is 0 Å². The number of pyridine rings is 1. The highest BCUT2D eigenvalue weighted by atomic mass is 32.2. The lowest BCUT2D eigenvalue weighted by atomic mass is 9.83. The molecular formula is C30H36FN3O5S. The van der Waals surface area contributed by atoms with E-state index >= 15 is 0 Å². The number of aromatic amines is 1. The molecule has 2 heterocycles. The Hall–Kier alpha value is -3.47. The summed E-state index contributed by atoms with van der Waals surface area (Å²) < 4.78 is 51.7. The lowest BCUT2D eigenvalue weighted by Crippen LogP contribution is -2.35. The Morgan fingerprint density at radius 1 is 1.10 bits per heavy atom. The average Bonchev–Trinajstić information content (AvgIpc) is 2.88. The number of sulfonamides is 1. The molecule has 40 heavy (non-hydrogen) atoms. The van der Waals surface area contributed by atoms with Gasteiger partial charge in [-0.05, 0) is 52.4 Å². The maximum absolute atomic E-state index is 14.1. The van der Waals surface area contributed by atoms with Crippen molar-refractivity contribution in [2.24, 2.45) is 0 Å². The maximum Gasteiger partial charge on any atom is 0.256 e. The minimum absolute atomic E-state index is 0.229. The fraction of sp³-hybridized carbons (Fsp3) is 0.367. The molecular weight excluding hydrogens is 533 g/mol. The molecule has 0 unspecified atom stereocenters. The van der Waals surface area contributed by atoms with Crippen molar-refractivity contribution in [3.05, 3.63) is 81.0 Å². The zero-order chi connectivity index (χ0) is 29.1. The molecule has 3 aromatic rings. The molecule has 1 saturated heterocycles. The Balaban J connectivity index is 1.82. The molecule has 0 aliphatic carbocycles. The molecule has 8 nitrogen and oxygen atoms in total. The quantitative estimate of drug-likeness (QED) is 0.376. The average molecular weight is 570 g/mol. The molecule has 10 heteroatoms. The van der Waals surface area contributed by atoms with Gasteiger partial charge in [-0.3, -0.25) is 14.4 Å². The number of methoxy groups -OCH3 is 1. The molecule has 0 saturated carbocycles. The molecule has 0 bridgehead atoms. The predicted molar refractivity (Wildman–Crippen MR) is 158 cm³/mol. The van der Waals surface area contributed by atoms with Gasteiger partial charge in [-0.1, -0.05) is 39.0 Å². The summed E-state index contributed by atoms with van der Waals surface area (Å²) in [6.07, 6.45) is 6.02. The van der Waals surface area contributed by atoms with E-state index in [4.69, 9.17) is 9.47 Å². The topological polar surface area (TPSA) is 101 Å². The number of H-pyrrole nitrogens is 1. The number of ether oxygens (including phenoxy) is 2. The van der Waals surface area contributed by atoms with E-state index in [1.165, 1.54) is 6.07 Å². The molecule has 0 spiro atoms. The highest BCUT2D eigenvalue weighted by molar-refractivity contribution is 7.92. The van der Waals surface area contributed by atoms with Gasteiger partial charge in [0.05, 0.1) is 26.6 Å². The summed E-state index contributed by atoms with van der Waals surface area (Å²) in [4.78, 5) is 17.3. The Bertz CT molecular complexity index is 1570. The van der Waals surface area contributed by atoms with E-state index in [0.717, 1.165) is 47.8 Å². The number of nitrogens with zero attached hydrogens (tertiary/aromatic N) is 1. The molecule has 0 radical (unpaired) electrons. The summed E-state index contributed by atoms with van der Waals surface area (Å²) in [6, 6.07) is 10.4. The molecule has 1 aliphatic heterocycles. The fourth-order valence-corrected chi connectivity index (χ4v) is 5.30. The van der Waals surface area contributed by atoms with E-state index in [1.807, 2.05) is 57.2 Å². The number of halogens is 1. The monoisotopic (exact) mass is 569 g/mol. The second-order valence-corrected chi connectivity index (χ2v) is 12.7. The maximum atomic E-state index is 14.1. The van der Waals surface area contributed by atoms with Crippen LogP contribution in [0, 0.1) is 5.82 Å². The Kier molecular flexibility index (Phi) is 8.82. The lowest BCUT2D eigenvalue weighted by Gasteiger charge is -2.27. The van der Waals surface area contributed by atoms with Crippen LogP contribution in [0.5, 0.6) is 5.75 Å². The number of nitrogens with one attached hydrogen (secondary N) is 2. The standard InChI is InChI=1S/C30H36FN3O5S/c1-30(2,3)27-16-22(26-17-24(31)18-32-29(26)35)14-21(28(27)38-4)7-6-20-8-9-25(33-40(5,36)37)15-23(20)19-34-10-12-39-13-11-34/h6-9,14-18,33H,10-13,19H2,1-5H3,(H,32,35)/b7-6+. The van der Waals surface area contributed by atoms with Crippen molar-refractivity contribution in [3.8, 4) is 16.9 Å². The molecule has 2 aromatic carbocycles. The van der Waals surface area contributed by atoms with E-state index < -0.39 is 15.8 Å². The first-order valence-electron chi connectivity index (χ1n) is 13.0. The number of aromatic nitrogens is 1. The summed E-state index contributed by atoms with van der Waals surface area (Å²) in [7, 11) is -1.83. The molecule has 214 valence electrons. The lowest BCUT2D eigenvalue weighted by molar-refractivity contribution is 0.0342. The van der Waals surface area contributed by atoms with Crippen LogP contribution in [0.15, 0.2) is 47.4 Å². The van der Waals surface area contributed by atoms with Gasteiger partial charge in [0.2, 0.25) is 10.0 Å². The van der Waals surface area contributed by atoms with E-state index in [1.54, 1.807) is 13.2 Å². The molecule has 4 rings (SSSR count). The van der Waals surface area contributed by atoms with Crippen LogP contribution in [0.2, 0.25) is 0 Å². The molecule has 1 fully saturated rings. The summed E-state index contributed by atoms with van der Waals surface area (Å²) in [5.74, 6) is 0.126. The smallest absolute Gasteiger partial charge is 0.256 e. The van der Waals surface area contributed by atoms with Crippen molar-refractivity contribution in [3.63, 3.8) is 0 Å². The zero-order valence-electron chi connectivity index (χ0n) is 23.5. The van der Waals surface area contributed by atoms with Crippen LogP contribution in [0.25, 0.3) is 23.3 Å². The van der Waals surface area contributed by atoms with Gasteiger partial charge in [0, 0.05) is 48.2 Å². The second kappa shape index (κ2) is 12.0. The van der Waals surface area contributed by atoms with Crippen LogP contribution in [0.4, 0.5) is 10.1 Å². The molecule has 0 atom stereocenters. The molecule has 2 N–H and O–H groups in total. The van der Waals surface area contributed by atoms with Gasteiger partial charge < -0.3 is 14.5 Å². The molecule has 1 aromatic heterocycles. The van der Waals surface area contributed by atoms with E-state index in [9.17, 15) is 17.6 Å². The Morgan fingerprint density at radius 2 is 1.80 bits per heavy atom. The van der Waals surface area contributed by atoms with Gasteiger partial charge in [0.15, 0.2) is 0 Å². The van der Waals surface area contributed by atoms with Crippen LogP contribution in [-0.2, 0) is 26.7 Å². The van der Waals surface area contributed by atoms with Crippen LogP contribution in [-0.4, -0.2) is 58.0 Å². The Morgan fingerprint density at radius 3 is 2.45 bits per heavy atom. The number of anilines is 1. The fourth-order valence-electron chi connectivity index (χ4n) is 4.75. The van der Waals surface area contributed by atoms with Crippen molar-refractivity contribution >= 4 is 27.9 Å². The summed E-state index contributed by atoms with van der Waals surface area (Å²) >= 11 is 0. The zero-order valence-corrected chi connectivity index (χ0v) is 24.3. The minimum atomic E-state index is -3.43. The van der Waals surface area contributed by atoms with Gasteiger partial charge in [-0.2, -0.15) is 0 Å². The molecule has 1 aliphatic rings. The number of hydrogen-bond donors (Lipinski definition) is 2. The normalized spacial score (nSPS) is 14.9. The summed E-state index contributed by atoms with van der Waals surface area (Å²) in [5, 5.41) is 0. The van der Waals surface area contributed by atoms with Gasteiger partial charge in [0.25, 0.3) is 5.56 Å². The number of hydrogen-bond acceptors (Lipinski definition) is 6. The van der Waals surface area contributed by atoms with Crippen LogP contribution in [0.3, 0.4) is 0 Å². The largest absolute Gasteiger partial charge is 0.496 e. The van der Waals surface area contributed by atoms with Crippen LogP contribution < -0.4 is 15.0 Å². The summed E-state index contributed by atoms with van der Waals surface area (Å²) in [6.45, 7) is 9.60. The molecule has 0 amide bonds. The van der Waals surface area contributed by atoms with Crippen molar-refractivity contribution < 1.29 is 22.3 Å². The Labute approximate surface area is 234 Å². The van der Waals surface area contributed by atoms with Crippen LogP contribution in [0.1, 0.15) is 43.0 Å². The third-order valence-electron chi connectivity index (χ3n) is 6.70. The van der Waals surface area contributed by atoms with Gasteiger partial charge >= 0.3 is 0 Å². The van der Waals surface area contributed by atoms with Crippen molar-refractivity contribution in [2.75, 3.05) is 44.4 Å². The number of benzene rings is 2. The van der Waals surface area contributed by atoms with Crippen molar-refractivity contribution in [1.82, 2.24) is 9.88 Å². The highest BCUT2D eigenvalue weighted by Crippen LogP contribution is 2.38. The van der Waals surface area contributed by atoms with Gasteiger partial charge in [-0.15, -0.1) is 0 Å². The van der Waals surface area contributed by atoms with Crippen molar-refractivity contribution in [2.45, 2.75) is 32.7 Å². The first-order valence-corrected chi connectivity index (χ1v) is 14.9. The SMILES string of the molecule is COc1c(/C=C/c2ccc(NS(C)(=O)=O)cc2CN2CCOCC2)cc(-c2cc(F)c[nH]c2=O)cc1C(C)(C)C. The van der Waals surface area contributed by atoms with E-state index in [-0.39, 0.29) is 16.5 Å². The third kappa shape index (κ3) is 7.38.